The van der Waals surface area contributed by atoms with Gasteiger partial charge in [0, 0.05) is 18.5 Å². The number of rotatable bonds is 4. The maximum atomic E-state index is 12.5. The highest BCUT2D eigenvalue weighted by molar-refractivity contribution is 7.87. The van der Waals surface area contributed by atoms with Crippen molar-refractivity contribution in [1.29, 1.82) is 0 Å². The first-order chi connectivity index (χ1) is 10.5. The predicted molar refractivity (Wildman–Crippen MR) is 86.7 cm³/mol. The Bertz CT molecular complexity index is 721. The smallest absolute Gasteiger partial charge is 0.280 e. The van der Waals surface area contributed by atoms with E-state index in [2.05, 4.69) is 11.6 Å². The molecule has 2 aromatic rings. The van der Waals surface area contributed by atoms with Gasteiger partial charge >= 0.3 is 0 Å². The van der Waals surface area contributed by atoms with Crippen molar-refractivity contribution in [3.63, 3.8) is 0 Å². The molecular weight excluding hydrogens is 300 g/mol. The number of benzene rings is 1. The zero-order valence-electron chi connectivity index (χ0n) is 13.0. The van der Waals surface area contributed by atoms with Crippen LogP contribution in [-0.2, 0) is 10.2 Å². The molecule has 0 unspecified atom stereocenters. The van der Waals surface area contributed by atoms with Crippen LogP contribution >= 0.6 is 0 Å². The van der Waals surface area contributed by atoms with Gasteiger partial charge in [-0.15, -0.1) is 0 Å². The lowest BCUT2D eigenvalue weighted by molar-refractivity contribution is 0.276. The highest BCUT2D eigenvalue weighted by Crippen LogP contribution is 2.25. The Morgan fingerprint density at radius 1 is 1.36 bits per heavy atom. The Hall–Kier alpha value is -1.37. The molecule has 2 heterocycles. The summed E-state index contributed by atoms with van der Waals surface area (Å²) in [5.41, 5.74) is 0.773. The lowest BCUT2D eigenvalue weighted by Crippen LogP contribution is -2.46. The zero-order valence-corrected chi connectivity index (χ0v) is 13.8. The molecule has 0 aliphatic carbocycles. The molecule has 1 aromatic heterocycles. The van der Waals surface area contributed by atoms with E-state index in [1.54, 1.807) is 4.31 Å². The van der Waals surface area contributed by atoms with Crippen molar-refractivity contribution in [3.8, 4) is 0 Å². The van der Waals surface area contributed by atoms with Crippen LogP contribution in [0.15, 0.2) is 34.7 Å². The summed E-state index contributed by atoms with van der Waals surface area (Å²) in [7, 11) is -3.48. The standard InChI is InChI=1S/C16H22N2O3S/c1-12-6-5-9-18(11-12)22(19,20)17-13(2)16-10-14-7-3-4-8-15(14)21-16/h3-4,7-8,10,12-13,17H,5-6,9,11H2,1-2H3/t12-,13+/m0/s1. The van der Waals surface area contributed by atoms with Crippen molar-refractivity contribution in [1.82, 2.24) is 9.03 Å². The fourth-order valence-electron chi connectivity index (χ4n) is 2.94. The maximum Gasteiger partial charge on any atom is 0.280 e. The van der Waals surface area contributed by atoms with Gasteiger partial charge in [0.15, 0.2) is 0 Å². The molecule has 120 valence electrons. The van der Waals surface area contributed by atoms with Crippen molar-refractivity contribution < 1.29 is 12.8 Å². The molecule has 6 heteroatoms. The van der Waals surface area contributed by atoms with Gasteiger partial charge in [-0.3, -0.25) is 0 Å². The van der Waals surface area contributed by atoms with E-state index in [9.17, 15) is 8.42 Å². The van der Waals surface area contributed by atoms with Crippen molar-refractivity contribution >= 4 is 21.2 Å². The molecule has 0 bridgehead atoms. The minimum Gasteiger partial charge on any atom is -0.459 e. The molecule has 1 fully saturated rings. The average Bonchev–Trinajstić information content (AvgIpc) is 2.91. The van der Waals surface area contributed by atoms with Gasteiger partial charge in [-0.1, -0.05) is 25.1 Å². The molecule has 5 nitrogen and oxygen atoms in total. The van der Waals surface area contributed by atoms with Crippen LogP contribution in [0.2, 0.25) is 0 Å². The lowest BCUT2D eigenvalue weighted by atomic mass is 10.0. The first-order valence-corrected chi connectivity index (χ1v) is 9.15. The normalized spacial score (nSPS) is 22.0. The summed E-state index contributed by atoms with van der Waals surface area (Å²) in [6, 6.07) is 9.17. The lowest BCUT2D eigenvalue weighted by Gasteiger charge is -2.30. The highest BCUT2D eigenvalue weighted by Gasteiger charge is 2.29. The number of piperidine rings is 1. The van der Waals surface area contributed by atoms with Crippen LogP contribution in [-0.4, -0.2) is 25.8 Å². The minimum atomic E-state index is -3.48. The average molecular weight is 322 g/mol. The number of nitrogens with zero attached hydrogens (tertiary/aromatic N) is 1. The van der Waals surface area contributed by atoms with E-state index in [4.69, 9.17) is 4.42 Å². The molecule has 1 aliphatic heterocycles. The van der Waals surface area contributed by atoms with E-state index >= 15 is 0 Å². The van der Waals surface area contributed by atoms with E-state index in [0.717, 1.165) is 23.8 Å². The summed E-state index contributed by atoms with van der Waals surface area (Å²) in [5.74, 6) is 1.04. The van der Waals surface area contributed by atoms with Crippen LogP contribution in [0.1, 0.15) is 38.5 Å². The Labute approximate surface area is 131 Å². The molecule has 1 aromatic carbocycles. The van der Waals surface area contributed by atoms with Gasteiger partial charge in [-0.25, -0.2) is 0 Å². The van der Waals surface area contributed by atoms with Gasteiger partial charge in [0.05, 0.1) is 6.04 Å². The molecule has 0 amide bonds. The highest BCUT2D eigenvalue weighted by atomic mass is 32.2. The second-order valence-corrected chi connectivity index (χ2v) is 7.84. The molecule has 1 aliphatic rings. The van der Waals surface area contributed by atoms with E-state index < -0.39 is 16.3 Å². The zero-order chi connectivity index (χ0) is 15.7. The van der Waals surface area contributed by atoms with Crippen LogP contribution in [0.3, 0.4) is 0 Å². The molecule has 1 N–H and O–H groups in total. The third-order valence-corrected chi connectivity index (χ3v) is 5.82. The van der Waals surface area contributed by atoms with Crippen LogP contribution in [0.25, 0.3) is 11.0 Å². The van der Waals surface area contributed by atoms with Crippen LogP contribution in [0.4, 0.5) is 0 Å². The van der Waals surface area contributed by atoms with Gasteiger partial charge < -0.3 is 4.42 Å². The summed E-state index contributed by atoms with van der Waals surface area (Å²) in [5, 5.41) is 0.982. The molecule has 22 heavy (non-hydrogen) atoms. The molecule has 0 radical (unpaired) electrons. The summed E-state index contributed by atoms with van der Waals surface area (Å²) < 4.78 is 35.0. The van der Waals surface area contributed by atoms with Gasteiger partial charge in [0.2, 0.25) is 0 Å². The van der Waals surface area contributed by atoms with E-state index in [0.29, 0.717) is 24.8 Å². The van der Waals surface area contributed by atoms with Crippen LogP contribution in [0.5, 0.6) is 0 Å². The number of hydrogen-bond acceptors (Lipinski definition) is 3. The van der Waals surface area contributed by atoms with Gasteiger partial charge in [-0.05, 0) is 37.8 Å². The number of hydrogen-bond donors (Lipinski definition) is 1. The van der Waals surface area contributed by atoms with E-state index in [1.165, 1.54) is 0 Å². The SMILES string of the molecule is C[C@H]1CCCN(S(=O)(=O)N[C@H](C)c2cc3ccccc3o2)C1. The predicted octanol–water partition coefficient (Wildman–Crippen LogP) is 3.06. The number of nitrogens with one attached hydrogen (secondary N) is 1. The first kappa shape index (κ1) is 15.5. The van der Waals surface area contributed by atoms with Gasteiger partial charge in [0.1, 0.15) is 11.3 Å². The summed E-state index contributed by atoms with van der Waals surface area (Å²) in [6.45, 7) is 5.07. The topological polar surface area (TPSA) is 62.6 Å². The monoisotopic (exact) mass is 322 g/mol. The molecule has 0 saturated carbocycles. The summed E-state index contributed by atoms with van der Waals surface area (Å²) in [6.07, 6.45) is 2.01. The fourth-order valence-corrected chi connectivity index (χ4v) is 4.47. The summed E-state index contributed by atoms with van der Waals surface area (Å²) in [4.78, 5) is 0. The Balaban J connectivity index is 1.76. The molecule has 1 saturated heterocycles. The third-order valence-electron chi connectivity index (χ3n) is 4.16. The van der Waals surface area contributed by atoms with Crippen LogP contribution < -0.4 is 4.72 Å². The Morgan fingerprint density at radius 3 is 2.86 bits per heavy atom. The van der Waals surface area contributed by atoms with Crippen molar-refractivity contribution in [2.75, 3.05) is 13.1 Å². The van der Waals surface area contributed by atoms with Gasteiger partial charge in [-0.2, -0.15) is 17.4 Å². The second-order valence-electron chi connectivity index (χ2n) is 6.14. The fraction of sp³-hybridized carbons (Fsp3) is 0.500. The molecule has 3 rings (SSSR count). The van der Waals surface area contributed by atoms with E-state index in [-0.39, 0.29) is 0 Å². The first-order valence-electron chi connectivity index (χ1n) is 7.71. The molecule has 2 atom stereocenters. The van der Waals surface area contributed by atoms with E-state index in [1.807, 2.05) is 37.3 Å². The maximum absolute atomic E-state index is 12.5. The largest absolute Gasteiger partial charge is 0.459 e. The van der Waals surface area contributed by atoms with Crippen molar-refractivity contribution in [2.24, 2.45) is 5.92 Å². The van der Waals surface area contributed by atoms with Gasteiger partial charge in [0.25, 0.3) is 10.2 Å². The van der Waals surface area contributed by atoms with Crippen molar-refractivity contribution in [3.05, 3.63) is 36.1 Å². The Kier molecular flexibility index (Phi) is 4.25. The third kappa shape index (κ3) is 3.19. The van der Waals surface area contributed by atoms with Crippen molar-refractivity contribution in [2.45, 2.75) is 32.7 Å². The Morgan fingerprint density at radius 2 is 2.14 bits per heavy atom. The molecular formula is C16H22N2O3S. The number of fused-ring (bicyclic) bond motifs is 1. The summed E-state index contributed by atoms with van der Waals surface area (Å²) >= 11 is 0. The van der Waals surface area contributed by atoms with Crippen LogP contribution in [0, 0.1) is 5.92 Å². The second kappa shape index (κ2) is 6.02. The number of furan rings is 1. The number of para-hydroxylation sites is 1. The molecule has 0 spiro atoms. The quantitative estimate of drug-likeness (QED) is 0.941. The minimum absolute atomic E-state index is 0.394.